The molecule has 138 valence electrons. The van der Waals surface area contributed by atoms with Gasteiger partial charge >= 0.3 is 0 Å². The average Bonchev–Trinajstić information content (AvgIpc) is 2.71. The second kappa shape index (κ2) is 8.41. The number of carbonyl (C=O) groups excluding carboxylic acids is 1. The molecule has 0 bridgehead atoms. The van der Waals surface area contributed by atoms with Gasteiger partial charge in [0.15, 0.2) is 0 Å². The average molecular weight is 361 g/mol. The Morgan fingerprint density at radius 3 is 2.48 bits per heavy atom. The molecule has 0 aliphatic carbocycles. The summed E-state index contributed by atoms with van der Waals surface area (Å²) in [6.45, 7) is 0.539. The van der Waals surface area contributed by atoms with Crippen LogP contribution in [0.2, 0.25) is 0 Å². The lowest BCUT2D eigenvalue weighted by Gasteiger charge is -2.16. The lowest BCUT2D eigenvalue weighted by atomic mass is 10.1. The molecule has 3 rings (SSSR count). The lowest BCUT2D eigenvalue weighted by Crippen LogP contribution is -2.24. The third kappa shape index (κ3) is 4.47. The second-order valence-electron chi connectivity index (χ2n) is 6.32. The van der Waals surface area contributed by atoms with E-state index in [1.165, 1.54) is 0 Å². The fourth-order valence-corrected chi connectivity index (χ4v) is 2.94. The van der Waals surface area contributed by atoms with Crippen molar-refractivity contribution in [1.82, 2.24) is 4.90 Å². The van der Waals surface area contributed by atoms with Gasteiger partial charge in [0.25, 0.3) is 0 Å². The van der Waals surface area contributed by atoms with Crippen molar-refractivity contribution in [3.05, 3.63) is 77.9 Å². The number of para-hydroxylation sites is 1. The summed E-state index contributed by atoms with van der Waals surface area (Å²) in [5.74, 6) is 1.52. The number of methoxy groups -OCH3 is 2. The molecule has 0 spiro atoms. The Balaban J connectivity index is 1.70. The highest BCUT2D eigenvalue weighted by Crippen LogP contribution is 2.22. The molecule has 0 fully saturated rings. The number of benzene rings is 3. The Bertz CT molecular complexity index is 978. The van der Waals surface area contributed by atoms with E-state index < -0.39 is 0 Å². The Morgan fingerprint density at radius 1 is 0.963 bits per heavy atom. The van der Waals surface area contributed by atoms with Gasteiger partial charge < -0.3 is 14.4 Å². The predicted molar refractivity (Wildman–Crippen MR) is 109 cm³/mol. The van der Waals surface area contributed by atoms with E-state index in [-0.39, 0.29) is 5.91 Å². The first-order chi connectivity index (χ1) is 13.1. The molecule has 0 saturated heterocycles. The van der Waals surface area contributed by atoms with Gasteiger partial charge in [-0.25, -0.2) is 0 Å². The minimum atomic E-state index is -0.0595. The molecule has 3 aromatic rings. The molecule has 4 heteroatoms. The van der Waals surface area contributed by atoms with Gasteiger partial charge in [-0.3, -0.25) is 4.79 Å². The number of ether oxygens (including phenoxy) is 2. The zero-order valence-electron chi connectivity index (χ0n) is 15.8. The lowest BCUT2D eigenvalue weighted by molar-refractivity contribution is -0.125. The van der Waals surface area contributed by atoms with E-state index in [1.807, 2.05) is 48.5 Å². The van der Waals surface area contributed by atoms with Gasteiger partial charge in [-0.2, -0.15) is 0 Å². The van der Waals surface area contributed by atoms with E-state index in [2.05, 4.69) is 12.1 Å². The maximum Gasteiger partial charge on any atom is 0.246 e. The summed E-state index contributed by atoms with van der Waals surface area (Å²) in [6, 6.07) is 19.8. The molecule has 4 nitrogen and oxygen atoms in total. The molecule has 0 unspecified atom stereocenters. The molecule has 0 saturated carbocycles. The fourth-order valence-electron chi connectivity index (χ4n) is 2.94. The molecule has 0 aliphatic heterocycles. The van der Waals surface area contributed by atoms with Crippen molar-refractivity contribution >= 4 is 22.8 Å². The molecular weight excluding hydrogens is 338 g/mol. The topological polar surface area (TPSA) is 38.8 Å². The van der Waals surface area contributed by atoms with Crippen LogP contribution in [0.25, 0.3) is 16.8 Å². The zero-order valence-corrected chi connectivity index (χ0v) is 15.8. The predicted octanol–water partition coefficient (Wildman–Crippen LogP) is 4.53. The van der Waals surface area contributed by atoms with Crippen molar-refractivity contribution in [2.45, 2.75) is 6.54 Å². The van der Waals surface area contributed by atoms with Crippen LogP contribution < -0.4 is 9.47 Å². The Kier molecular flexibility index (Phi) is 5.77. The van der Waals surface area contributed by atoms with Crippen LogP contribution in [0, 0.1) is 0 Å². The number of fused-ring (bicyclic) bond motifs is 1. The van der Waals surface area contributed by atoms with Crippen LogP contribution in [-0.4, -0.2) is 32.1 Å². The standard InChI is InChI=1S/C23H23NO3/c1-24(23(25)13-11-18-6-4-5-7-22(18)27-3)16-17-8-9-20-15-21(26-2)12-10-19(20)14-17/h4-15H,16H2,1-3H3/b13-11+. The molecule has 0 aliphatic rings. The number of likely N-dealkylation sites (N-methyl/N-ethyl adjacent to an activating group) is 1. The quantitative estimate of drug-likeness (QED) is 0.606. The van der Waals surface area contributed by atoms with Gasteiger partial charge in [-0.15, -0.1) is 0 Å². The van der Waals surface area contributed by atoms with Crippen LogP contribution in [0.4, 0.5) is 0 Å². The number of hydrogen-bond acceptors (Lipinski definition) is 3. The largest absolute Gasteiger partial charge is 0.497 e. The normalized spacial score (nSPS) is 10.9. The second-order valence-corrected chi connectivity index (χ2v) is 6.32. The first-order valence-corrected chi connectivity index (χ1v) is 8.73. The summed E-state index contributed by atoms with van der Waals surface area (Å²) in [6.07, 6.45) is 3.36. The molecule has 0 atom stereocenters. The molecule has 0 N–H and O–H groups in total. The van der Waals surface area contributed by atoms with E-state index in [0.29, 0.717) is 6.54 Å². The highest BCUT2D eigenvalue weighted by Gasteiger charge is 2.07. The van der Waals surface area contributed by atoms with Crippen molar-refractivity contribution in [1.29, 1.82) is 0 Å². The highest BCUT2D eigenvalue weighted by atomic mass is 16.5. The summed E-state index contributed by atoms with van der Waals surface area (Å²) < 4.78 is 10.6. The SMILES string of the molecule is COc1ccc2cc(CN(C)C(=O)/C=C/c3ccccc3OC)ccc2c1. The van der Waals surface area contributed by atoms with Crippen molar-refractivity contribution in [2.75, 3.05) is 21.3 Å². The molecule has 0 radical (unpaired) electrons. The third-order valence-electron chi connectivity index (χ3n) is 4.45. The van der Waals surface area contributed by atoms with Crippen LogP contribution >= 0.6 is 0 Å². The van der Waals surface area contributed by atoms with Crippen molar-refractivity contribution in [3.63, 3.8) is 0 Å². The number of nitrogens with zero attached hydrogens (tertiary/aromatic N) is 1. The molecule has 27 heavy (non-hydrogen) atoms. The third-order valence-corrected chi connectivity index (χ3v) is 4.45. The van der Waals surface area contributed by atoms with Crippen LogP contribution in [-0.2, 0) is 11.3 Å². The summed E-state index contributed by atoms with van der Waals surface area (Å²) in [4.78, 5) is 14.1. The Labute approximate surface area is 159 Å². The number of hydrogen-bond donors (Lipinski definition) is 0. The van der Waals surface area contributed by atoms with Crippen LogP contribution in [0.1, 0.15) is 11.1 Å². The van der Waals surface area contributed by atoms with Crippen molar-refractivity contribution < 1.29 is 14.3 Å². The zero-order chi connectivity index (χ0) is 19.2. The molecule has 0 heterocycles. The maximum atomic E-state index is 12.4. The van der Waals surface area contributed by atoms with E-state index in [1.54, 1.807) is 38.3 Å². The van der Waals surface area contributed by atoms with E-state index in [4.69, 9.17) is 9.47 Å². The number of amides is 1. The highest BCUT2D eigenvalue weighted by molar-refractivity contribution is 5.92. The van der Waals surface area contributed by atoms with Crippen molar-refractivity contribution in [2.24, 2.45) is 0 Å². The number of carbonyl (C=O) groups is 1. The van der Waals surface area contributed by atoms with E-state index in [9.17, 15) is 4.79 Å². The Hall–Kier alpha value is -3.27. The monoisotopic (exact) mass is 361 g/mol. The fraction of sp³-hybridized carbons (Fsp3) is 0.174. The van der Waals surface area contributed by atoms with Gasteiger partial charge in [0.1, 0.15) is 11.5 Å². The summed E-state index contributed by atoms with van der Waals surface area (Å²) >= 11 is 0. The van der Waals surface area contributed by atoms with Gasteiger partial charge in [0, 0.05) is 25.2 Å². The first-order valence-electron chi connectivity index (χ1n) is 8.73. The van der Waals surface area contributed by atoms with Gasteiger partial charge in [-0.1, -0.05) is 36.4 Å². The molecular formula is C23H23NO3. The van der Waals surface area contributed by atoms with Crippen molar-refractivity contribution in [3.8, 4) is 11.5 Å². The van der Waals surface area contributed by atoms with Gasteiger partial charge in [0.05, 0.1) is 14.2 Å². The molecule has 3 aromatic carbocycles. The Morgan fingerprint density at radius 2 is 1.70 bits per heavy atom. The van der Waals surface area contributed by atoms with Crippen LogP contribution in [0.5, 0.6) is 11.5 Å². The van der Waals surface area contributed by atoms with Gasteiger partial charge in [0.2, 0.25) is 5.91 Å². The minimum Gasteiger partial charge on any atom is -0.497 e. The van der Waals surface area contributed by atoms with E-state index in [0.717, 1.165) is 33.4 Å². The molecule has 1 amide bonds. The summed E-state index contributed by atoms with van der Waals surface area (Å²) in [5, 5.41) is 2.24. The number of rotatable bonds is 6. The maximum absolute atomic E-state index is 12.4. The van der Waals surface area contributed by atoms with Crippen LogP contribution in [0.15, 0.2) is 66.7 Å². The van der Waals surface area contributed by atoms with Crippen LogP contribution in [0.3, 0.4) is 0 Å². The first kappa shape index (κ1) is 18.5. The smallest absolute Gasteiger partial charge is 0.246 e. The van der Waals surface area contributed by atoms with E-state index >= 15 is 0 Å². The minimum absolute atomic E-state index is 0.0595. The molecule has 0 aromatic heterocycles. The summed E-state index contributed by atoms with van der Waals surface area (Å²) in [5.41, 5.74) is 1.95. The van der Waals surface area contributed by atoms with Gasteiger partial charge in [-0.05, 0) is 46.7 Å². The summed E-state index contributed by atoms with van der Waals surface area (Å²) in [7, 11) is 5.08.